The molecule has 8 rings (SSSR count). The van der Waals surface area contributed by atoms with Gasteiger partial charge in [-0.15, -0.1) is 0 Å². The summed E-state index contributed by atoms with van der Waals surface area (Å²) in [6.07, 6.45) is 6.61. The van der Waals surface area contributed by atoms with E-state index in [2.05, 4.69) is 13.8 Å². The van der Waals surface area contributed by atoms with Crippen LogP contribution in [0.1, 0.15) is 52.4 Å². The predicted octanol–water partition coefficient (Wildman–Crippen LogP) is 2.94. The van der Waals surface area contributed by atoms with E-state index in [1.165, 1.54) is 0 Å². The highest BCUT2D eigenvalue weighted by Gasteiger charge is 2.95. The van der Waals surface area contributed by atoms with Gasteiger partial charge in [-0.05, 0) is 76.0 Å². The lowest BCUT2D eigenvalue weighted by Crippen LogP contribution is -2.45. The van der Waals surface area contributed by atoms with Crippen molar-refractivity contribution in [3.8, 4) is 0 Å². The summed E-state index contributed by atoms with van der Waals surface area (Å²) in [6, 6.07) is 0. The average molecular weight is 354 g/mol. The van der Waals surface area contributed by atoms with Gasteiger partial charge in [0, 0.05) is 23.7 Å². The first-order valence-corrected chi connectivity index (χ1v) is 10.9. The highest BCUT2D eigenvalue weighted by molar-refractivity contribution is 5.86. The minimum Gasteiger partial charge on any atom is -0.458 e. The quantitative estimate of drug-likeness (QED) is 0.628. The lowest BCUT2D eigenvalue weighted by Gasteiger charge is -2.38. The Morgan fingerprint density at radius 3 is 1.62 bits per heavy atom. The van der Waals surface area contributed by atoms with E-state index in [0.717, 1.165) is 38.5 Å². The van der Waals surface area contributed by atoms with Gasteiger partial charge >= 0.3 is 11.9 Å². The lowest BCUT2D eigenvalue weighted by atomic mass is 9.63. The third-order valence-electron chi connectivity index (χ3n) is 11.5. The van der Waals surface area contributed by atoms with Crippen LogP contribution in [-0.4, -0.2) is 23.1 Å². The van der Waals surface area contributed by atoms with Crippen LogP contribution in [-0.2, 0) is 19.1 Å². The number of ether oxygens (including phenoxy) is 2. The van der Waals surface area contributed by atoms with Crippen molar-refractivity contribution < 1.29 is 19.1 Å². The summed E-state index contributed by atoms with van der Waals surface area (Å²) < 4.78 is 12.8. The Hall–Kier alpha value is -1.06. The Morgan fingerprint density at radius 2 is 1.19 bits per heavy atom. The molecule has 6 aliphatic carbocycles. The van der Waals surface area contributed by atoms with Gasteiger partial charge in [-0.3, -0.25) is 9.59 Å². The molecule has 4 heteroatoms. The Balaban J connectivity index is 1.49. The number of fused-ring (bicyclic) bond motifs is 4. The number of carbonyl (C=O) groups is 2. The molecule has 2 aliphatic heterocycles. The molecule has 0 amide bonds. The molecule has 2 heterocycles. The second-order valence-electron chi connectivity index (χ2n) is 11.4. The van der Waals surface area contributed by atoms with Gasteiger partial charge < -0.3 is 9.47 Å². The molecule has 0 radical (unpaired) electrons. The molecule has 6 saturated carbocycles. The molecule has 12 atom stereocenters. The van der Waals surface area contributed by atoms with Gasteiger partial charge in [0.05, 0.1) is 10.8 Å². The van der Waals surface area contributed by atoms with Crippen molar-refractivity contribution in [2.24, 2.45) is 58.2 Å². The summed E-state index contributed by atoms with van der Waals surface area (Å²) in [6.45, 7) is 4.50. The average Bonchev–Trinajstić information content (AvgIpc) is 3.35. The first-order valence-electron chi connectivity index (χ1n) is 10.9. The van der Waals surface area contributed by atoms with Crippen molar-refractivity contribution in [3.63, 3.8) is 0 Å². The minimum atomic E-state index is -0.327. The summed E-state index contributed by atoms with van der Waals surface area (Å²) in [5, 5.41) is 0. The van der Waals surface area contributed by atoms with Crippen molar-refractivity contribution in [1.82, 2.24) is 0 Å². The minimum absolute atomic E-state index is 0.0994. The van der Waals surface area contributed by atoms with Crippen LogP contribution in [0.15, 0.2) is 0 Å². The van der Waals surface area contributed by atoms with Crippen LogP contribution in [0.25, 0.3) is 0 Å². The largest absolute Gasteiger partial charge is 0.458 e. The van der Waals surface area contributed by atoms with Gasteiger partial charge in [-0.1, -0.05) is 0 Å². The van der Waals surface area contributed by atoms with Gasteiger partial charge in [0.2, 0.25) is 0 Å². The third kappa shape index (κ3) is 0.897. The number of esters is 2. The Kier molecular flexibility index (Phi) is 1.83. The molecular formula is C22H26O4. The zero-order valence-electron chi connectivity index (χ0n) is 15.5. The molecule has 8 aliphatic rings. The fourth-order valence-corrected chi connectivity index (χ4v) is 11.7. The summed E-state index contributed by atoms with van der Waals surface area (Å²) in [4.78, 5) is 26.8. The summed E-state index contributed by atoms with van der Waals surface area (Å²) in [7, 11) is 0. The van der Waals surface area contributed by atoms with E-state index < -0.39 is 0 Å². The molecule has 8 fully saturated rings. The van der Waals surface area contributed by atoms with E-state index in [4.69, 9.17) is 9.47 Å². The van der Waals surface area contributed by atoms with Gasteiger partial charge in [0.25, 0.3) is 0 Å². The molecule has 4 nitrogen and oxygen atoms in total. The van der Waals surface area contributed by atoms with Gasteiger partial charge in [0.15, 0.2) is 0 Å². The third-order valence-corrected chi connectivity index (χ3v) is 11.5. The van der Waals surface area contributed by atoms with Crippen LogP contribution in [0.4, 0.5) is 0 Å². The lowest BCUT2D eigenvalue weighted by molar-refractivity contribution is -0.165. The fourth-order valence-electron chi connectivity index (χ4n) is 11.7. The van der Waals surface area contributed by atoms with Crippen molar-refractivity contribution >= 4 is 11.9 Å². The van der Waals surface area contributed by atoms with E-state index in [1.807, 2.05) is 0 Å². The van der Waals surface area contributed by atoms with Crippen LogP contribution in [0.5, 0.6) is 0 Å². The second kappa shape index (κ2) is 3.39. The molecule has 0 N–H and O–H groups in total. The summed E-state index contributed by atoms with van der Waals surface area (Å²) >= 11 is 0. The monoisotopic (exact) mass is 354 g/mol. The standard InChI is InChI=1S/C22H26O4/c1-19-13-9-5-3-8-22(9)16-11(13)12-14(20(16,2)18(24)26-22)10-6-4-7-21(10,15(12)19)25-17(19)23/h9-16H,3-8H2,1-2H3/t9-,10+,11+,12-,13-,14+,15+,16-,19-,20-,21+,22-/m0/s1. The van der Waals surface area contributed by atoms with Crippen LogP contribution >= 0.6 is 0 Å². The van der Waals surface area contributed by atoms with Crippen molar-refractivity contribution in [2.45, 2.75) is 63.6 Å². The highest BCUT2D eigenvalue weighted by Crippen LogP contribution is 2.90. The number of hydrogen-bond donors (Lipinski definition) is 0. The Bertz CT molecular complexity index is 768. The van der Waals surface area contributed by atoms with Crippen molar-refractivity contribution in [1.29, 1.82) is 0 Å². The normalized spacial score (nSPS) is 72.7. The Labute approximate surface area is 153 Å². The number of carbonyl (C=O) groups excluding carboxylic acids is 2. The maximum absolute atomic E-state index is 13.4. The molecule has 2 spiro atoms. The van der Waals surface area contributed by atoms with Crippen LogP contribution in [0, 0.1) is 58.2 Å². The predicted molar refractivity (Wildman–Crippen MR) is 89.5 cm³/mol. The van der Waals surface area contributed by atoms with Crippen molar-refractivity contribution in [2.75, 3.05) is 0 Å². The molecule has 26 heavy (non-hydrogen) atoms. The first-order chi connectivity index (χ1) is 12.4. The molecule has 0 aromatic rings. The summed E-state index contributed by atoms with van der Waals surface area (Å²) in [5.74, 6) is 3.52. The molecule has 138 valence electrons. The second-order valence-corrected chi connectivity index (χ2v) is 11.4. The number of hydrogen-bond acceptors (Lipinski definition) is 4. The maximum Gasteiger partial charge on any atom is 0.313 e. The van der Waals surface area contributed by atoms with Gasteiger partial charge in [0.1, 0.15) is 11.2 Å². The smallest absolute Gasteiger partial charge is 0.313 e. The van der Waals surface area contributed by atoms with E-state index >= 15 is 0 Å². The van der Waals surface area contributed by atoms with Gasteiger partial charge in [-0.25, -0.2) is 0 Å². The van der Waals surface area contributed by atoms with Gasteiger partial charge in [-0.2, -0.15) is 0 Å². The first kappa shape index (κ1) is 14.0. The maximum atomic E-state index is 13.4. The van der Waals surface area contributed by atoms with Crippen LogP contribution in [0.2, 0.25) is 0 Å². The molecule has 0 bridgehead atoms. The molecule has 0 aromatic carbocycles. The SMILES string of the molecule is C[C@]12C(=O)O[C@@]34CCC[C@H]3[C@H]3[C@@H]([C@H]5[C@H]1[C@H]1CCC[C@@]16OC(=O)[C@]3(C)[C@@H]56)[C@H]42. The highest BCUT2D eigenvalue weighted by atomic mass is 16.6. The fraction of sp³-hybridized carbons (Fsp3) is 0.909. The molecular weight excluding hydrogens is 328 g/mol. The van der Waals surface area contributed by atoms with E-state index in [1.54, 1.807) is 0 Å². The van der Waals surface area contributed by atoms with E-state index in [0.29, 0.717) is 47.3 Å². The van der Waals surface area contributed by atoms with E-state index in [-0.39, 0.29) is 34.0 Å². The van der Waals surface area contributed by atoms with E-state index in [9.17, 15) is 9.59 Å². The van der Waals surface area contributed by atoms with Crippen LogP contribution in [0.3, 0.4) is 0 Å². The molecule has 0 aromatic heterocycles. The Morgan fingerprint density at radius 1 is 0.769 bits per heavy atom. The zero-order valence-corrected chi connectivity index (χ0v) is 15.5. The molecule has 0 unspecified atom stereocenters. The molecule has 2 saturated heterocycles. The zero-order chi connectivity index (χ0) is 17.4. The van der Waals surface area contributed by atoms with Crippen molar-refractivity contribution in [3.05, 3.63) is 0 Å². The number of rotatable bonds is 0. The van der Waals surface area contributed by atoms with Crippen LogP contribution < -0.4 is 0 Å². The summed E-state index contributed by atoms with van der Waals surface area (Å²) in [5.41, 5.74) is -1.15. The topological polar surface area (TPSA) is 52.6 Å².